The molecule has 0 spiro atoms. The zero-order valence-electron chi connectivity index (χ0n) is 15.2. The lowest BCUT2D eigenvalue weighted by molar-refractivity contribution is -0.119. The van der Waals surface area contributed by atoms with Crippen molar-refractivity contribution in [3.05, 3.63) is 18.1 Å². The molecular formula is C18H27N5O2. The van der Waals surface area contributed by atoms with Crippen molar-refractivity contribution < 1.29 is 9.59 Å². The molecule has 2 amide bonds. The van der Waals surface area contributed by atoms with Crippen molar-refractivity contribution in [1.82, 2.24) is 20.2 Å². The van der Waals surface area contributed by atoms with Crippen LogP contribution in [0.3, 0.4) is 0 Å². The topological polar surface area (TPSA) is 78.4 Å². The highest BCUT2D eigenvalue weighted by molar-refractivity contribution is 5.92. The van der Waals surface area contributed by atoms with E-state index < -0.39 is 0 Å². The molecule has 0 aromatic carbocycles. The summed E-state index contributed by atoms with van der Waals surface area (Å²) in [6.45, 7) is 8.99. The molecule has 7 nitrogen and oxygen atoms in total. The van der Waals surface area contributed by atoms with E-state index in [0.29, 0.717) is 29.9 Å². The van der Waals surface area contributed by atoms with Crippen molar-refractivity contribution in [2.45, 2.75) is 39.7 Å². The lowest BCUT2D eigenvalue weighted by atomic mass is 9.91. The van der Waals surface area contributed by atoms with Gasteiger partial charge in [0.15, 0.2) is 0 Å². The minimum Gasteiger partial charge on any atom is -0.353 e. The third-order valence-corrected chi connectivity index (χ3v) is 5.17. The minimum absolute atomic E-state index is 0.0125. The lowest BCUT2D eigenvalue weighted by Crippen LogP contribution is -2.40. The van der Waals surface area contributed by atoms with Gasteiger partial charge >= 0.3 is 0 Å². The second-order valence-corrected chi connectivity index (χ2v) is 7.38. The first-order valence-electron chi connectivity index (χ1n) is 9.09. The summed E-state index contributed by atoms with van der Waals surface area (Å²) in [5.41, 5.74) is 0.406. The molecule has 7 heteroatoms. The average Bonchev–Trinajstić information content (AvgIpc) is 3.23. The van der Waals surface area contributed by atoms with Crippen molar-refractivity contribution in [2.24, 2.45) is 11.8 Å². The summed E-state index contributed by atoms with van der Waals surface area (Å²) in [6, 6.07) is 0.0947. The summed E-state index contributed by atoms with van der Waals surface area (Å²) in [6.07, 6.45) is 5.36. The molecule has 2 aliphatic heterocycles. The molecule has 2 fully saturated rings. The molecule has 3 heterocycles. The maximum absolute atomic E-state index is 12.5. The Morgan fingerprint density at radius 1 is 1.20 bits per heavy atom. The smallest absolute Gasteiger partial charge is 0.274 e. The van der Waals surface area contributed by atoms with Gasteiger partial charge in [0.1, 0.15) is 11.5 Å². The van der Waals surface area contributed by atoms with Gasteiger partial charge < -0.3 is 15.1 Å². The van der Waals surface area contributed by atoms with Crippen molar-refractivity contribution in [3.63, 3.8) is 0 Å². The molecule has 2 aliphatic rings. The number of carbonyl (C=O) groups excluding carboxylic acids is 2. The summed E-state index contributed by atoms with van der Waals surface area (Å²) < 4.78 is 0. The van der Waals surface area contributed by atoms with Crippen LogP contribution in [0.1, 0.15) is 44.1 Å². The van der Waals surface area contributed by atoms with Gasteiger partial charge in [-0.25, -0.2) is 4.98 Å². The average molecular weight is 345 g/mol. The largest absolute Gasteiger partial charge is 0.353 e. The molecule has 1 aromatic heterocycles. The van der Waals surface area contributed by atoms with Gasteiger partial charge in [0.25, 0.3) is 5.91 Å². The molecule has 0 bridgehead atoms. The van der Waals surface area contributed by atoms with Gasteiger partial charge in [-0.15, -0.1) is 0 Å². The van der Waals surface area contributed by atoms with Crippen LogP contribution in [0, 0.1) is 11.8 Å². The van der Waals surface area contributed by atoms with Crippen LogP contribution < -0.4 is 10.2 Å². The highest BCUT2D eigenvalue weighted by Gasteiger charge is 2.36. The minimum atomic E-state index is -0.0372. The molecule has 0 saturated carbocycles. The molecular weight excluding hydrogens is 318 g/mol. The zero-order chi connectivity index (χ0) is 18.0. The van der Waals surface area contributed by atoms with Crippen LogP contribution in [-0.2, 0) is 4.79 Å². The summed E-state index contributed by atoms with van der Waals surface area (Å²) in [4.78, 5) is 36.8. The first-order valence-corrected chi connectivity index (χ1v) is 9.09. The van der Waals surface area contributed by atoms with Gasteiger partial charge in [0.05, 0.1) is 18.4 Å². The molecule has 1 aromatic rings. The highest BCUT2D eigenvalue weighted by atomic mass is 16.2. The van der Waals surface area contributed by atoms with Crippen molar-refractivity contribution in [2.75, 3.05) is 31.1 Å². The Labute approximate surface area is 148 Å². The molecule has 1 N–H and O–H groups in total. The number of nitrogens with one attached hydrogen (secondary N) is 1. The fourth-order valence-corrected chi connectivity index (χ4v) is 3.80. The molecule has 2 saturated heterocycles. The second kappa shape index (κ2) is 7.37. The maximum atomic E-state index is 12.5. The van der Waals surface area contributed by atoms with E-state index in [1.54, 1.807) is 19.3 Å². The number of likely N-dealkylation sites (tertiary alicyclic amines) is 1. The van der Waals surface area contributed by atoms with Gasteiger partial charge in [-0.05, 0) is 18.8 Å². The molecule has 0 aliphatic carbocycles. The second-order valence-electron chi connectivity index (χ2n) is 7.38. The summed E-state index contributed by atoms with van der Waals surface area (Å²) in [7, 11) is 0. The molecule has 0 unspecified atom stereocenters. The van der Waals surface area contributed by atoms with Gasteiger partial charge in [-0.1, -0.05) is 13.8 Å². The van der Waals surface area contributed by atoms with Crippen LogP contribution in [0.15, 0.2) is 12.4 Å². The highest BCUT2D eigenvalue weighted by Crippen LogP contribution is 2.27. The summed E-state index contributed by atoms with van der Waals surface area (Å²) >= 11 is 0. The lowest BCUT2D eigenvalue weighted by Gasteiger charge is -2.21. The van der Waals surface area contributed by atoms with Crippen LogP contribution >= 0.6 is 0 Å². The Bertz CT molecular complexity index is 642. The molecule has 2 atom stereocenters. The Kier molecular flexibility index (Phi) is 5.20. The Balaban J connectivity index is 1.76. The normalized spacial score (nSPS) is 23.4. The van der Waals surface area contributed by atoms with Crippen molar-refractivity contribution in [1.29, 1.82) is 0 Å². The van der Waals surface area contributed by atoms with Gasteiger partial charge in [-0.2, -0.15) is 0 Å². The first-order chi connectivity index (χ1) is 12.0. The van der Waals surface area contributed by atoms with E-state index >= 15 is 0 Å². The van der Waals surface area contributed by atoms with E-state index in [1.807, 2.05) is 4.90 Å². The zero-order valence-corrected chi connectivity index (χ0v) is 15.2. The van der Waals surface area contributed by atoms with Crippen molar-refractivity contribution >= 4 is 17.6 Å². The maximum Gasteiger partial charge on any atom is 0.274 e. The molecule has 0 radical (unpaired) electrons. The predicted molar refractivity (Wildman–Crippen MR) is 95.3 cm³/mol. The van der Waals surface area contributed by atoms with Gasteiger partial charge in [-0.3, -0.25) is 14.6 Å². The van der Waals surface area contributed by atoms with E-state index in [-0.39, 0.29) is 17.9 Å². The van der Waals surface area contributed by atoms with Crippen LogP contribution in [0.4, 0.5) is 5.82 Å². The fraction of sp³-hybridized carbons (Fsp3) is 0.667. The molecule has 25 heavy (non-hydrogen) atoms. The third kappa shape index (κ3) is 3.91. The van der Waals surface area contributed by atoms with Crippen LogP contribution in [0.2, 0.25) is 0 Å². The fourth-order valence-electron chi connectivity index (χ4n) is 3.80. The number of hydrogen-bond acceptors (Lipinski definition) is 5. The molecule has 3 rings (SSSR count). The van der Waals surface area contributed by atoms with Crippen LogP contribution in [0.25, 0.3) is 0 Å². The Hall–Kier alpha value is -2.18. The van der Waals surface area contributed by atoms with Crippen LogP contribution in [-0.4, -0.2) is 58.9 Å². The predicted octanol–water partition coefficient (Wildman–Crippen LogP) is 1.31. The number of rotatable bonds is 4. The summed E-state index contributed by atoms with van der Waals surface area (Å²) in [5, 5.41) is 3.05. The quantitative estimate of drug-likeness (QED) is 0.890. The van der Waals surface area contributed by atoms with E-state index in [4.69, 9.17) is 0 Å². The number of amides is 2. The number of carbonyl (C=O) groups is 2. The van der Waals surface area contributed by atoms with E-state index in [2.05, 4.69) is 34.0 Å². The monoisotopic (exact) mass is 345 g/mol. The Morgan fingerprint density at radius 2 is 1.92 bits per heavy atom. The van der Waals surface area contributed by atoms with E-state index in [9.17, 15) is 9.59 Å². The number of nitrogens with zero attached hydrogens (tertiary/aromatic N) is 4. The Morgan fingerprint density at radius 3 is 2.56 bits per heavy atom. The van der Waals surface area contributed by atoms with E-state index in [1.165, 1.54) is 0 Å². The number of hydrogen-bond donors (Lipinski definition) is 1. The van der Waals surface area contributed by atoms with E-state index in [0.717, 1.165) is 32.5 Å². The van der Waals surface area contributed by atoms with Gasteiger partial charge in [0, 0.05) is 39.0 Å². The summed E-state index contributed by atoms with van der Waals surface area (Å²) in [5.74, 6) is 1.46. The third-order valence-electron chi connectivity index (χ3n) is 5.17. The number of anilines is 1. The molecule has 136 valence electrons. The standard InChI is InChI=1S/C18H27N5O2/c1-12(2)14-10-23(11-16(14)20-13(3)24)17-9-19-8-15(21-17)18(25)22-6-4-5-7-22/h8-9,12,14,16H,4-7,10-11H2,1-3H3,(H,20,24)/t14-,16+/m0/s1. The van der Waals surface area contributed by atoms with Crippen molar-refractivity contribution in [3.8, 4) is 0 Å². The van der Waals surface area contributed by atoms with Gasteiger partial charge in [0.2, 0.25) is 5.91 Å². The first kappa shape index (κ1) is 17.6. The number of aromatic nitrogens is 2. The SMILES string of the molecule is CC(=O)N[C@@H]1CN(c2cncc(C(=O)N3CCCC3)n2)C[C@H]1C(C)C. The van der Waals surface area contributed by atoms with Crippen LogP contribution in [0.5, 0.6) is 0 Å².